The van der Waals surface area contributed by atoms with Crippen molar-refractivity contribution in [3.8, 4) is 0 Å². The molecule has 1 saturated heterocycles. The number of H-pyrrole nitrogens is 1. The van der Waals surface area contributed by atoms with Crippen molar-refractivity contribution >= 4 is 11.0 Å². The second-order valence-electron chi connectivity index (χ2n) is 7.30. The number of hydrogen-bond donors (Lipinski definition) is 1. The topological polar surface area (TPSA) is 84.1 Å². The van der Waals surface area contributed by atoms with Crippen LogP contribution < -0.4 is 11.1 Å². The van der Waals surface area contributed by atoms with E-state index in [1.165, 1.54) is 0 Å². The average molecular weight is 368 g/mol. The van der Waals surface area contributed by atoms with E-state index < -0.39 is 0 Å². The van der Waals surface area contributed by atoms with Gasteiger partial charge in [0, 0.05) is 31.1 Å². The normalized spacial score (nSPS) is 18.2. The summed E-state index contributed by atoms with van der Waals surface area (Å²) in [5.74, 6) is 1.00. The molecule has 0 amide bonds. The molecular weight excluding hydrogens is 344 g/mol. The minimum Gasteiger partial charge on any atom is -0.464 e. The van der Waals surface area contributed by atoms with Gasteiger partial charge in [0.25, 0.3) is 0 Å². The zero-order chi connectivity index (χ0) is 19.0. The lowest BCUT2D eigenvalue weighted by Crippen LogP contribution is -2.36. The molecule has 7 nitrogen and oxygen atoms in total. The lowest BCUT2D eigenvalue weighted by molar-refractivity contribution is 0.193. The summed E-state index contributed by atoms with van der Waals surface area (Å²) in [6.45, 7) is 6.76. The largest absolute Gasteiger partial charge is 0.464 e. The van der Waals surface area contributed by atoms with Crippen LogP contribution in [0.5, 0.6) is 0 Å². The molecular formula is C20H24N4O3. The number of aromatic nitrogens is 3. The summed E-state index contributed by atoms with van der Waals surface area (Å²) in [7, 11) is 0. The standard InChI is InChI=1S/C20H24N4O3/c1-3-24-19(21-22-20(24)26)14-5-4-8-23(10-14)11-15-12-27-17-7-6-13(2)9-16(17)18(15)25/h6-7,9,12,14H,3-5,8,10-11H2,1-2H3,(H,22,26)/t14-/m0/s1. The van der Waals surface area contributed by atoms with E-state index in [0.29, 0.717) is 29.6 Å². The van der Waals surface area contributed by atoms with Crippen LogP contribution in [-0.2, 0) is 13.1 Å². The molecule has 0 spiro atoms. The van der Waals surface area contributed by atoms with Crippen LogP contribution in [0.1, 0.15) is 42.6 Å². The summed E-state index contributed by atoms with van der Waals surface area (Å²) in [4.78, 5) is 27.0. The fraction of sp³-hybridized carbons (Fsp3) is 0.450. The van der Waals surface area contributed by atoms with Crippen molar-refractivity contribution in [2.45, 2.75) is 45.7 Å². The molecule has 7 heteroatoms. The number of nitrogens with one attached hydrogen (secondary N) is 1. The van der Waals surface area contributed by atoms with Gasteiger partial charge in [0.1, 0.15) is 11.4 Å². The van der Waals surface area contributed by atoms with Crippen LogP contribution in [-0.4, -0.2) is 32.8 Å². The first-order chi connectivity index (χ1) is 13.1. The van der Waals surface area contributed by atoms with Crippen LogP contribution in [0.25, 0.3) is 11.0 Å². The molecule has 142 valence electrons. The number of likely N-dealkylation sites (tertiary alicyclic amines) is 1. The van der Waals surface area contributed by atoms with Gasteiger partial charge in [-0.1, -0.05) is 11.6 Å². The van der Waals surface area contributed by atoms with Crippen molar-refractivity contribution in [1.29, 1.82) is 0 Å². The number of aromatic amines is 1. The molecule has 2 aromatic heterocycles. The lowest BCUT2D eigenvalue weighted by atomic mass is 9.96. The number of rotatable bonds is 4. The highest BCUT2D eigenvalue weighted by Gasteiger charge is 2.26. The quantitative estimate of drug-likeness (QED) is 0.764. The molecule has 0 saturated carbocycles. The Balaban J connectivity index is 1.58. The second kappa shape index (κ2) is 7.15. The maximum atomic E-state index is 12.9. The SMILES string of the molecule is CCn1c([C@H]2CCCN(Cc3coc4ccc(C)cc4c3=O)C2)n[nH]c1=O. The maximum absolute atomic E-state index is 12.9. The molecule has 3 heterocycles. The minimum atomic E-state index is -0.157. The number of nitrogens with zero attached hydrogens (tertiary/aromatic N) is 3. The molecule has 4 rings (SSSR count). The molecule has 0 unspecified atom stereocenters. The van der Waals surface area contributed by atoms with Gasteiger partial charge in [0.05, 0.1) is 11.6 Å². The van der Waals surface area contributed by atoms with Gasteiger partial charge in [-0.3, -0.25) is 14.3 Å². The lowest BCUT2D eigenvalue weighted by Gasteiger charge is -2.32. The first-order valence-electron chi connectivity index (χ1n) is 9.45. The van der Waals surface area contributed by atoms with E-state index in [-0.39, 0.29) is 17.0 Å². The Kier molecular flexibility index (Phi) is 4.70. The molecule has 3 aromatic rings. The Hall–Kier alpha value is -2.67. The van der Waals surface area contributed by atoms with Gasteiger partial charge in [-0.05, 0) is 45.4 Å². The first kappa shape index (κ1) is 17.7. The fourth-order valence-corrected chi connectivity index (χ4v) is 3.99. The molecule has 1 aromatic carbocycles. The Morgan fingerprint density at radius 1 is 1.33 bits per heavy atom. The molecule has 27 heavy (non-hydrogen) atoms. The van der Waals surface area contributed by atoms with Crippen molar-refractivity contribution < 1.29 is 4.42 Å². The third-order valence-electron chi connectivity index (χ3n) is 5.37. The number of benzene rings is 1. The number of hydrogen-bond acceptors (Lipinski definition) is 5. The first-order valence-corrected chi connectivity index (χ1v) is 9.45. The van der Waals surface area contributed by atoms with Crippen LogP contribution in [0.3, 0.4) is 0 Å². The van der Waals surface area contributed by atoms with Gasteiger partial charge in [0.2, 0.25) is 0 Å². The van der Waals surface area contributed by atoms with Crippen LogP contribution in [0.15, 0.2) is 38.5 Å². The molecule has 0 aliphatic carbocycles. The van der Waals surface area contributed by atoms with Gasteiger partial charge >= 0.3 is 5.69 Å². The van der Waals surface area contributed by atoms with Gasteiger partial charge in [-0.2, -0.15) is 5.10 Å². The van der Waals surface area contributed by atoms with Crippen LogP contribution in [0.2, 0.25) is 0 Å². The smallest absolute Gasteiger partial charge is 0.343 e. The summed E-state index contributed by atoms with van der Waals surface area (Å²) in [5, 5.41) is 7.43. The molecule has 0 bridgehead atoms. The molecule has 1 aliphatic rings. The zero-order valence-corrected chi connectivity index (χ0v) is 15.7. The highest BCUT2D eigenvalue weighted by atomic mass is 16.3. The molecule has 1 aliphatic heterocycles. The Bertz CT molecular complexity index is 1080. The van der Waals surface area contributed by atoms with Crippen LogP contribution in [0, 0.1) is 6.92 Å². The molecule has 0 radical (unpaired) electrons. The fourth-order valence-electron chi connectivity index (χ4n) is 3.99. The van der Waals surface area contributed by atoms with E-state index in [0.717, 1.165) is 37.3 Å². The second-order valence-corrected chi connectivity index (χ2v) is 7.30. The highest BCUT2D eigenvalue weighted by molar-refractivity contribution is 5.77. The van der Waals surface area contributed by atoms with E-state index in [9.17, 15) is 9.59 Å². The van der Waals surface area contributed by atoms with E-state index in [4.69, 9.17) is 4.42 Å². The van der Waals surface area contributed by atoms with Gasteiger partial charge < -0.3 is 4.42 Å². The predicted octanol–water partition coefficient (Wildman–Crippen LogP) is 2.39. The van der Waals surface area contributed by atoms with Gasteiger partial charge in [0.15, 0.2) is 5.43 Å². The molecule has 1 N–H and O–H groups in total. The van der Waals surface area contributed by atoms with E-state index in [1.807, 2.05) is 32.0 Å². The van der Waals surface area contributed by atoms with Crippen molar-refractivity contribution in [1.82, 2.24) is 19.7 Å². The van der Waals surface area contributed by atoms with Crippen molar-refractivity contribution in [3.05, 3.63) is 62.1 Å². The number of aryl methyl sites for hydroxylation is 1. The Labute approximate surface area is 156 Å². The Morgan fingerprint density at radius 3 is 3.00 bits per heavy atom. The zero-order valence-electron chi connectivity index (χ0n) is 15.7. The third kappa shape index (κ3) is 3.35. The maximum Gasteiger partial charge on any atom is 0.343 e. The van der Waals surface area contributed by atoms with Crippen molar-refractivity contribution in [2.24, 2.45) is 0 Å². The van der Waals surface area contributed by atoms with E-state index >= 15 is 0 Å². The van der Waals surface area contributed by atoms with Crippen molar-refractivity contribution in [2.75, 3.05) is 13.1 Å². The summed E-state index contributed by atoms with van der Waals surface area (Å²) in [6.07, 6.45) is 3.58. The number of fused-ring (bicyclic) bond motifs is 1. The summed E-state index contributed by atoms with van der Waals surface area (Å²) in [5.41, 5.74) is 2.21. The van der Waals surface area contributed by atoms with Crippen LogP contribution >= 0.6 is 0 Å². The number of piperidine rings is 1. The van der Waals surface area contributed by atoms with Gasteiger partial charge in [-0.25, -0.2) is 9.89 Å². The monoisotopic (exact) mass is 368 g/mol. The third-order valence-corrected chi connectivity index (χ3v) is 5.37. The van der Waals surface area contributed by atoms with Gasteiger partial charge in [-0.15, -0.1) is 0 Å². The van der Waals surface area contributed by atoms with Crippen molar-refractivity contribution in [3.63, 3.8) is 0 Å². The summed E-state index contributed by atoms with van der Waals surface area (Å²) >= 11 is 0. The average Bonchev–Trinajstić information content (AvgIpc) is 3.05. The summed E-state index contributed by atoms with van der Waals surface area (Å²) < 4.78 is 7.38. The molecule has 1 fully saturated rings. The van der Waals surface area contributed by atoms with Crippen LogP contribution in [0.4, 0.5) is 0 Å². The van der Waals surface area contributed by atoms with E-state index in [1.54, 1.807) is 10.8 Å². The summed E-state index contributed by atoms with van der Waals surface area (Å²) in [6, 6.07) is 5.67. The Morgan fingerprint density at radius 2 is 2.19 bits per heavy atom. The van der Waals surface area contributed by atoms with E-state index in [2.05, 4.69) is 15.1 Å². The highest BCUT2D eigenvalue weighted by Crippen LogP contribution is 2.26. The predicted molar refractivity (Wildman–Crippen MR) is 103 cm³/mol. The minimum absolute atomic E-state index is 0.0345. The molecule has 1 atom stereocenters.